The Bertz CT molecular complexity index is 575. The zero-order valence-corrected chi connectivity index (χ0v) is 19.6. The number of aliphatic imine (C=N–C) groups is 1. The first-order valence-corrected chi connectivity index (χ1v) is 10.4. The van der Waals surface area contributed by atoms with E-state index >= 15 is 0 Å². The van der Waals surface area contributed by atoms with Gasteiger partial charge in [0.05, 0.1) is 0 Å². The van der Waals surface area contributed by atoms with E-state index in [1.807, 2.05) is 7.05 Å². The maximum atomic E-state index is 4.57. The van der Waals surface area contributed by atoms with Gasteiger partial charge in [-0.05, 0) is 63.5 Å². The van der Waals surface area contributed by atoms with Gasteiger partial charge in [0.25, 0.3) is 0 Å². The topological polar surface area (TPSA) is 30.9 Å². The minimum Gasteiger partial charge on any atom is -0.356 e. The largest absolute Gasteiger partial charge is 0.356 e. The lowest BCUT2D eigenvalue weighted by Gasteiger charge is -2.36. The summed E-state index contributed by atoms with van der Waals surface area (Å²) >= 11 is 0. The molecule has 0 aromatic heterocycles. The fourth-order valence-electron chi connectivity index (χ4n) is 4.44. The van der Waals surface area contributed by atoms with E-state index in [1.165, 1.54) is 44.3 Å². The van der Waals surface area contributed by atoms with Crippen molar-refractivity contribution in [2.24, 2.45) is 16.8 Å². The molecule has 3 rings (SSSR count). The first kappa shape index (κ1) is 22.5. The summed E-state index contributed by atoms with van der Waals surface area (Å²) in [6, 6.07) is 11.6. The highest BCUT2D eigenvalue weighted by atomic mass is 127. The summed E-state index contributed by atoms with van der Waals surface area (Å²) in [5, 5.41) is 3.67. The molecule has 4 nitrogen and oxygen atoms in total. The van der Waals surface area contributed by atoms with E-state index in [4.69, 9.17) is 0 Å². The maximum Gasteiger partial charge on any atom is 0.193 e. The minimum atomic E-state index is 0. The average molecular weight is 484 g/mol. The highest BCUT2D eigenvalue weighted by Gasteiger charge is 2.26. The van der Waals surface area contributed by atoms with Gasteiger partial charge in [-0.1, -0.05) is 30.3 Å². The molecule has 2 saturated heterocycles. The van der Waals surface area contributed by atoms with E-state index in [0.717, 1.165) is 37.4 Å². The van der Waals surface area contributed by atoms with Gasteiger partial charge in [-0.3, -0.25) is 4.99 Å². The number of nitrogens with one attached hydrogen (secondary N) is 1. The summed E-state index contributed by atoms with van der Waals surface area (Å²) in [4.78, 5) is 9.64. The zero-order chi connectivity index (χ0) is 18.4. The molecule has 2 unspecified atom stereocenters. The molecule has 0 radical (unpaired) electrons. The Balaban J connectivity index is 0.00000261. The third kappa shape index (κ3) is 6.63. The first-order valence-electron chi connectivity index (χ1n) is 10.4. The Hall–Kier alpha value is -0.820. The van der Waals surface area contributed by atoms with E-state index in [0.29, 0.717) is 6.04 Å². The molecule has 27 heavy (non-hydrogen) atoms. The van der Waals surface area contributed by atoms with Crippen LogP contribution in [0.4, 0.5) is 0 Å². The SMILES string of the molecule is CN=C(NCC1CCCN(C(C)C)C1)N1CCC(Cc2ccccc2)C1.I. The molecule has 2 aliphatic heterocycles. The fourth-order valence-corrected chi connectivity index (χ4v) is 4.44. The molecule has 2 aliphatic rings. The molecule has 1 N–H and O–H groups in total. The van der Waals surface area contributed by atoms with Crippen molar-refractivity contribution < 1.29 is 0 Å². The van der Waals surface area contributed by atoms with Crippen LogP contribution in [0.1, 0.15) is 38.7 Å². The summed E-state index contributed by atoms with van der Waals surface area (Å²) in [5.41, 5.74) is 1.46. The van der Waals surface area contributed by atoms with Gasteiger partial charge in [0.1, 0.15) is 0 Å². The van der Waals surface area contributed by atoms with Crippen LogP contribution < -0.4 is 5.32 Å². The van der Waals surface area contributed by atoms with Gasteiger partial charge in [0.15, 0.2) is 5.96 Å². The van der Waals surface area contributed by atoms with Crippen LogP contribution in [-0.2, 0) is 6.42 Å². The molecule has 0 amide bonds. The second kappa shape index (κ2) is 11.2. The number of hydrogen-bond acceptors (Lipinski definition) is 2. The van der Waals surface area contributed by atoms with Crippen molar-refractivity contribution in [2.75, 3.05) is 39.8 Å². The van der Waals surface area contributed by atoms with Crippen LogP contribution >= 0.6 is 24.0 Å². The van der Waals surface area contributed by atoms with Crippen LogP contribution in [0.25, 0.3) is 0 Å². The molecule has 1 aromatic carbocycles. The smallest absolute Gasteiger partial charge is 0.193 e. The standard InChI is InChI=1S/C22H36N4.HI/c1-18(2)25-12-7-10-21(17-25)15-24-22(23-3)26-13-11-20(16-26)14-19-8-5-4-6-9-19;/h4-6,8-9,18,20-21H,7,10-17H2,1-3H3,(H,23,24);1H. The lowest BCUT2D eigenvalue weighted by molar-refractivity contribution is 0.140. The normalized spacial score (nSPS) is 24.1. The fraction of sp³-hybridized carbons (Fsp3) is 0.682. The summed E-state index contributed by atoms with van der Waals surface area (Å²) in [7, 11) is 1.92. The Kier molecular flexibility index (Phi) is 9.36. The summed E-state index contributed by atoms with van der Waals surface area (Å²) < 4.78 is 0. The molecule has 5 heteroatoms. The predicted octanol–water partition coefficient (Wildman–Crippen LogP) is 3.86. The van der Waals surface area contributed by atoms with E-state index in [2.05, 4.69) is 64.3 Å². The van der Waals surface area contributed by atoms with Gasteiger partial charge in [-0.15, -0.1) is 24.0 Å². The third-order valence-corrected chi connectivity index (χ3v) is 5.99. The van der Waals surface area contributed by atoms with Crippen molar-refractivity contribution in [1.82, 2.24) is 15.1 Å². The van der Waals surface area contributed by atoms with Gasteiger partial charge in [0.2, 0.25) is 0 Å². The lowest BCUT2D eigenvalue weighted by atomic mass is 9.97. The third-order valence-electron chi connectivity index (χ3n) is 5.99. The van der Waals surface area contributed by atoms with Crippen molar-refractivity contribution in [1.29, 1.82) is 0 Å². The molecule has 152 valence electrons. The molecular weight excluding hydrogens is 447 g/mol. The van der Waals surface area contributed by atoms with Gasteiger partial charge in [-0.2, -0.15) is 0 Å². The molecule has 2 fully saturated rings. The van der Waals surface area contributed by atoms with Crippen LogP contribution in [0.3, 0.4) is 0 Å². The van der Waals surface area contributed by atoms with E-state index in [9.17, 15) is 0 Å². The molecule has 0 aliphatic carbocycles. The van der Waals surface area contributed by atoms with E-state index < -0.39 is 0 Å². The molecule has 1 aromatic rings. The highest BCUT2D eigenvalue weighted by molar-refractivity contribution is 14.0. The Morgan fingerprint density at radius 2 is 1.89 bits per heavy atom. The monoisotopic (exact) mass is 484 g/mol. The zero-order valence-electron chi connectivity index (χ0n) is 17.2. The molecule has 0 spiro atoms. The number of likely N-dealkylation sites (tertiary alicyclic amines) is 2. The second-order valence-electron chi connectivity index (χ2n) is 8.32. The second-order valence-corrected chi connectivity index (χ2v) is 8.32. The van der Waals surface area contributed by atoms with E-state index in [1.54, 1.807) is 0 Å². The molecule has 2 atom stereocenters. The molecule has 2 heterocycles. The maximum absolute atomic E-state index is 4.57. The number of halogens is 1. The van der Waals surface area contributed by atoms with Crippen molar-refractivity contribution in [2.45, 2.75) is 45.6 Å². The molecule has 0 bridgehead atoms. The van der Waals surface area contributed by atoms with Crippen molar-refractivity contribution >= 4 is 29.9 Å². The lowest BCUT2D eigenvalue weighted by Crippen LogP contribution is -2.46. The van der Waals surface area contributed by atoms with E-state index in [-0.39, 0.29) is 24.0 Å². The minimum absolute atomic E-state index is 0. The number of guanidine groups is 1. The van der Waals surface area contributed by atoms with Crippen LogP contribution in [0.15, 0.2) is 35.3 Å². The number of piperidine rings is 1. The van der Waals surface area contributed by atoms with Crippen LogP contribution in [-0.4, -0.2) is 61.6 Å². The number of rotatable bonds is 5. The Morgan fingerprint density at radius 3 is 2.59 bits per heavy atom. The van der Waals surface area contributed by atoms with Gasteiger partial charge >= 0.3 is 0 Å². The average Bonchev–Trinajstić information content (AvgIpc) is 3.11. The van der Waals surface area contributed by atoms with Gasteiger partial charge in [-0.25, -0.2) is 0 Å². The quantitative estimate of drug-likeness (QED) is 0.391. The molecular formula is C22H37IN4. The molecule has 0 saturated carbocycles. The Morgan fingerprint density at radius 1 is 1.11 bits per heavy atom. The number of hydrogen-bond donors (Lipinski definition) is 1. The van der Waals surface area contributed by atoms with Gasteiger partial charge in [0, 0.05) is 39.3 Å². The van der Waals surface area contributed by atoms with Crippen molar-refractivity contribution in [3.63, 3.8) is 0 Å². The predicted molar refractivity (Wildman–Crippen MR) is 126 cm³/mol. The summed E-state index contributed by atoms with van der Waals surface area (Å²) in [6.07, 6.45) is 5.11. The van der Waals surface area contributed by atoms with Crippen LogP contribution in [0.2, 0.25) is 0 Å². The van der Waals surface area contributed by atoms with Crippen molar-refractivity contribution in [3.05, 3.63) is 35.9 Å². The summed E-state index contributed by atoms with van der Waals surface area (Å²) in [6.45, 7) is 10.4. The summed E-state index contributed by atoms with van der Waals surface area (Å²) in [5.74, 6) is 2.58. The first-order chi connectivity index (χ1) is 12.7. The van der Waals surface area contributed by atoms with Crippen molar-refractivity contribution in [3.8, 4) is 0 Å². The van der Waals surface area contributed by atoms with Crippen LogP contribution in [0, 0.1) is 11.8 Å². The van der Waals surface area contributed by atoms with Crippen LogP contribution in [0.5, 0.6) is 0 Å². The number of nitrogens with zero attached hydrogens (tertiary/aromatic N) is 3. The number of benzene rings is 1. The van der Waals surface area contributed by atoms with Gasteiger partial charge < -0.3 is 15.1 Å². The highest BCUT2D eigenvalue weighted by Crippen LogP contribution is 2.21. The Labute approximate surface area is 182 Å².